The fraction of sp³-hybridized carbons (Fsp3) is 0.381. The molecular weight excluding hydrogens is 432 g/mol. The summed E-state index contributed by atoms with van der Waals surface area (Å²) in [4.78, 5) is 7.20. The Morgan fingerprint density at radius 3 is 2.34 bits per heavy atom. The lowest BCUT2D eigenvalue weighted by Gasteiger charge is -2.35. The van der Waals surface area contributed by atoms with E-state index in [9.17, 15) is 0 Å². The van der Waals surface area contributed by atoms with Crippen LogP contribution in [0, 0.1) is 0 Å². The lowest BCUT2D eigenvalue weighted by Crippen LogP contribution is -3.00. The van der Waals surface area contributed by atoms with Crippen molar-refractivity contribution in [2.45, 2.75) is 27.3 Å². The van der Waals surface area contributed by atoms with E-state index in [1.807, 2.05) is 42.7 Å². The molecular formula is C21H31BrN6O. The highest BCUT2D eigenvalue weighted by atomic mass is 79.9. The largest absolute Gasteiger partial charge is 1.00 e. The molecule has 0 unspecified atom stereocenters. The van der Waals surface area contributed by atoms with Crippen molar-refractivity contribution in [2.24, 2.45) is 0 Å². The van der Waals surface area contributed by atoms with Gasteiger partial charge in [-0.1, -0.05) is 6.07 Å². The third-order valence-electron chi connectivity index (χ3n) is 5.01. The predicted octanol–water partition coefficient (Wildman–Crippen LogP) is 1.02. The summed E-state index contributed by atoms with van der Waals surface area (Å²) in [5.74, 6) is 0.852. The molecule has 2 N–H and O–H groups in total. The monoisotopic (exact) mass is 462 g/mol. The molecule has 158 valence electrons. The number of nitrogens with one attached hydrogen (secondary N) is 2. The molecule has 3 aromatic rings. The highest BCUT2D eigenvalue weighted by Crippen LogP contribution is 2.20. The van der Waals surface area contributed by atoms with Crippen LogP contribution < -0.4 is 27.0 Å². The average molecular weight is 463 g/mol. The SMILES string of the molecule is CC[N+](CC)(CC)Cc1cnncn1.COc1cccc(Nc2cc[nH]c2)c1.[Br-]. The van der Waals surface area contributed by atoms with Gasteiger partial charge in [0.15, 0.2) is 0 Å². The van der Waals surface area contributed by atoms with Crippen LogP contribution in [0.15, 0.2) is 55.2 Å². The van der Waals surface area contributed by atoms with E-state index in [0.717, 1.165) is 53.5 Å². The fourth-order valence-corrected chi connectivity index (χ4v) is 2.96. The third-order valence-corrected chi connectivity index (χ3v) is 5.01. The summed E-state index contributed by atoms with van der Waals surface area (Å²) in [6.45, 7) is 11.0. The zero-order valence-corrected chi connectivity index (χ0v) is 19.2. The van der Waals surface area contributed by atoms with Crippen LogP contribution in [-0.2, 0) is 6.54 Å². The first-order chi connectivity index (χ1) is 13.6. The molecule has 3 rings (SSSR count). The lowest BCUT2D eigenvalue weighted by atomic mass is 10.3. The van der Waals surface area contributed by atoms with Gasteiger partial charge in [-0.2, -0.15) is 5.10 Å². The maximum Gasteiger partial charge on any atom is 0.138 e. The maximum atomic E-state index is 5.13. The van der Waals surface area contributed by atoms with Crippen molar-refractivity contribution in [1.82, 2.24) is 20.2 Å². The Bertz CT molecular complexity index is 786. The van der Waals surface area contributed by atoms with Crippen molar-refractivity contribution in [3.05, 3.63) is 60.9 Å². The maximum absolute atomic E-state index is 5.13. The van der Waals surface area contributed by atoms with Crippen molar-refractivity contribution in [3.8, 4) is 5.75 Å². The number of ether oxygens (including phenoxy) is 1. The number of rotatable bonds is 8. The van der Waals surface area contributed by atoms with Gasteiger partial charge in [0.05, 0.1) is 38.6 Å². The highest BCUT2D eigenvalue weighted by molar-refractivity contribution is 5.60. The molecule has 0 atom stereocenters. The Labute approximate surface area is 183 Å². The number of H-pyrrole nitrogens is 1. The van der Waals surface area contributed by atoms with E-state index in [1.54, 1.807) is 13.3 Å². The Hall–Kier alpha value is -2.45. The van der Waals surface area contributed by atoms with Gasteiger partial charge < -0.3 is 36.5 Å². The van der Waals surface area contributed by atoms with E-state index in [4.69, 9.17) is 4.74 Å². The van der Waals surface area contributed by atoms with E-state index in [0.29, 0.717) is 0 Å². The Morgan fingerprint density at radius 1 is 1.03 bits per heavy atom. The molecule has 29 heavy (non-hydrogen) atoms. The summed E-state index contributed by atoms with van der Waals surface area (Å²) < 4.78 is 6.19. The van der Waals surface area contributed by atoms with Crippen LogP contribution in [-0.4, -0.2) is 51.4 Å². The van der Waals surface area contributed by atoms with Gasteiger partial charge in [-0.15, -0.1) is 5.10 Å². The number of aromatic amines is 1. The number of methoxy groups -OCH3 is 1. The van der Waals surface area contributed by atoms with Gasteiger partial charge >= 0.3 is 0 Å². The first-order valence-corrected chi connectivity index (χ1v) is 9.65. The minimum Gasteiger partial charge on any atom is -1.00 e. The van der Waals surface area contributed by atoms with Crippen molar-refractivity contribution in [3.63, 3.8) is 0 Å². The van der Waals surface area contributed by atoms with Gasteiger partial charge in [0.1, 0.15) is 24.3 Å². The van der Waals surface area contributed by atoms with Crippen LogP contribution in [0.1, 0.15) is 26.5 Å². The minimum atomic E-state index is 0. The van der Waals surface area contributed by atoms with Gasteiger partial charge in [-0.05, 0) is 39.0 Å². The molecule has 8 heteroatoms. The van der Waals surface area contributed by atoms with Crippen LogP contribution in [0.25, 0.3) is 0 Å². The number of quaternary nitrogens is 1. The number of hydrogen-bond acceptors (Lipinski definition) is 5. The molecule has 0 saturated heterocycles. The number of anilines is 2. The summed E-state index contributed by atoms with van der Waals surface area (Å²) in [5, 5.41) is 10.8. The van der Waals surface area contributed by atoms with Crippen molar-refractivity contribution in [1.29, 1.82) is 0 Å². The quantitative estimate of drug-likeness (QED) is 0.488. The van der Waals surface area contributed by atoms with Gasteiger partial charge in [0.25, 0.3) is 0 Å². The zero-order valence-electron chi connectivity index (χ0n) is 17.6. The van der Waals surface area contributed by atoms with Gasteiger partial charge in [-0.25, -0.2) is 4.98 Å². The number of nitrogens with zero attached hydrogens (tertiary/aromatic N) is 4. The molecule has 1 aromatic carbocycles. The van der Waals surface area contributed by atoms with Crippen LogP contribution >= 0.6 is 0 Å². The smallest absolute Gasteiger partial charge is 0.138 e. The zero-order chi connectivity index (χ0) is 20.2. The number of hydrogen-bond donors (Lipinski definition) is 2. The van der Waals surface area contributed by atoms with E-state index in [2.05, 4.69) is 46.3 Å². The Morgan fingerprint density at radius 2 is 1.79 bits per heavy atom. The molecule has 0 saturated carbocycles. The van der Waals surface area contributed by atoms with E-state index < -0.39 is 0 Å². The summed E-state index contributed by atoms with van der Waals surface area (Å²) in [5.41, 5.74) is 3.09. The van der Waals surface area contributed by atoms with Crippen LogP contribution in [0.2, 0.25) is 0 Å². The first kappa shape index (κ1) is 24.6. The third kappa shape index (κ3) is 7.83. The summed E-state index contributed by atoms with van der Waals surface area (Å²) in [6, 6.07) is 9.79. The standard InChI is InChI=1S/C11H12N2O.C10H19N4.BrH/c1-14-11-4-2-3-9(7-11)13-10-5-6-12-8-10;1-4-14(5-2,6-3)8-10-7-12-13-9-11-10;/h2-8,12-13H,1H3;7,9H,4-6,8H2,1-3H3;1H/q;+1;/p-1. The van der Waals surface area contributed by atoms with Crippen LogP contribution in [0.3, 0.4) is 0 Å². The molecule has 0 radical (unpaired) electrons. The first-order valence-electron chi connectivity index (χ1n) is 9.65. The Balaban J connectivity index is 0.000000280. The lowest BCUT2D eigenvalue weighted by molar-refractivity contribution is -0.936. The summed E-state index contributed by atoms with van der Waals surface area (Å²) in [7, 11) is 1.66. The number of aromatic nitrogens is 4. The normalized spacial score (nSPS) is 10.3. The molecule has 0 spiro atoms. The van der Waals surface area contributed by atoms with Gasteiger partial charge in [0.2, 0.25) is 0 Å². The molecule has 0 aliphatic carbocycles. The molecule has 0 aliphatic rings. The highest BCUT2D eigenvalue weighted by Gasteiger charge is 2.21. The predicted molar refractivity (Wildman–Crippen MR) is 112 cm³/mol. The number of benzene rings is 1. The Kier molecular flexibility index (Phi) is 10.9. The molecule has 7 nitrogen and oxygen atoms in total. The molecule has 0 aliphatic heterocycles. The minimum absolute atomic E-state index is 0. The van der Waals surface area contributed by atoms with Gasteiger partial charge in [0, 0.05) is 24.1 Å². The molecule has 0 amide bonds. The second kappa shape index (κ2) is 12.9. The van der Waals surface area contributed by atoms with Crippen LogP contribution in [0.4, 0.5) is 11.4 Å². The van der Waals surface area contributed by atoms with E-state index in [-0.39, 0.29) is 17.0 Å². The van der Waals surface area contributed by atoms with Gasteiger partial charge in [-0.3, -0.25) is 0 Å². The van der Waals surface area contributed by atoms with Crippen LogP contribution in [0.5, 0.6) is 5.75 Å². The summed E-state index contributed by atoms with van der Waals surface area (Å²) in [6.07, 6.45) is 7.06. The molecule has 2 heterocycles. The molecule has 2 aromatic heterocycles. The average Bonchev–Trinajstić information content (AvgIpc) is 3.26. The number of halogens is 1. The van der Waals surface area contributed by atoms with Crippen molar-refractivity contribution in [2.75, 3.05) is 32.1 Å². The van der Waals surface area contributed by atoms with Crippen molar-refractivity contribution >= 4 is 11.4 Å². The topological polar surface area (TPSA) is 75.7 Å². The molecule has 0 bridgehead atoms. The van der Waals surface area contributed by atoms with Crippen molar-refractivity contribution < 1.29 is 26.2 Å². The molecule has 0 fully saturated rings. The second-order valence-electron chi connectivity index (χ2n) is 6.50. The van der Waals surface area contributed by atoms with E-state index in [1.165, 1.54) is 6.33 Å². The fourth-order valence-electron chi connectivity index (χ4n) is 2.96. The summed E-state index contributed by atoms with van der Waals surface area (Å²) >= 11 is 0. The van der Waals surface area contributed by atoms with E-state index >= 15 is 0 Å². The second-order valence-corrected chi connectivity index (χ2v) is 6.50.